The largest absolute Gasteiger partial charge is 0.303 e. The molecule has 1 aliphatic rings. The van der Waals surface area contributed by atoms with Crippen molar-refractivity contribution in [2.24, 2.45) is 4.99 Å². The van der Waals surface area contributed by atoms with Crippen molar-refractivity contribution in [2.45, 2.75) is 13.0 Å². The van der Waals surface area contributed by atoms with E-state index in [1.165, 1.54) is 10.8 Å². The molecule has 0 N–H and O–H groups in total. The van der Waals surface area contributed by atoms with Crippen molar-refractivity contribution < 1.29 is 0 Å². The van der Waals surface area contributed by atoms with Crippen LogP contribution >= 0.6 is 11.8 Å². The molecule has 3 heteroatoms. The minimum atomic E-state index is 0.542. The quantitative estimate of drug-likeness (QED) is 0.597. The summed E-state index contributed by atoms with van der Waals surface area (Å²) in [6.45, 7) is 3.17. The molecule has 58 valence electrons. The minimum absolute atomic E-state index is 0.542. The zero-order valence-corrected chi connectivity index (χ0v) is 7.61. The lowest BCUT2D eigenvalue weighted by Gasteiger charge is -2.07. The van der Waals surface area contributed by atoms with Crippen molar-refractivity contribution in [1.29, 1.82) is 0 Å². The lowest BCUT2D eigenvalue weighted by molar-refractivity contribution is 0.472. The number of aliphatic imine (C=N–C) groups is 1. The van der Waals surface area contributed by atoms with E-state index in [-0.39, 0.29) is 0 Å². The van der Waals surface area contributed by atoms with E-state index in [1.807, 2.05) is 11.8 Å². The van der Waals surface area contributed by atoms with Gasteiger partial charge in [0.1, 0.15) is 0 Å². The van der Waals surface area contributed by atoms with Gasteiger partial charge >= 0.3 is 0 Å². The van der Waals surface area contributed by atoms with Crippen LogP contribution in [0.4, 0.5) is 0 Å². The number of hydrogen-bond acceptors (Lipinski definition) is 3. The van der Waals surface area contributed by atoms with Gasteiger partial charge in [-0.2, -0.15) is 0 Å². The van der Waals surface area contributed by atoms with E-state index in [2.05, 4.69) is 30.9 Å². The maximum absolute atomic E-state index is 4.47. The second-order valence-electron chi connectivity index (χ2n) is 2.92. The number of nitrogens with zero attached hydrogens (tertiary/aromatic N) is 2. The van der Waals surface area contributed by atoms with Crippen molar-refractivity contribution in [2.75, 3.05) is 26.4 Å². The normalized spacial score (nSPS) is 25.6. The fraction of sp³-hybridized carbons (Fsp3) is 0.857. The molecule has 0 aliphatic carbocycles. The third-order valence-corrected chi connectivity index (χ3v) is 2.52. The minimum Gasteiger partial charge on any atom is -0.303 e. The molecule has 1 heterocycles. The average molecular weight is 158 g/mol. The monoisotopic (exact) mass is 158 g/mol. The molecule has 0 amide bonds. The van der Waals surface area contributed by atoms with E-state index in [0.717, 1.165) is 6.54 Å². The second kappa shape index (κ2) is 3.39. The first kappa shape index (κ1) is 8.08. The highest BCUT2D eigenvalue weighted by atomic mass is 32.2. The summed E-state index contributed by atoms with van der Waals surface area (Å²) in [5.41, 5.74) is 0. The number of hydrogen-bond donors (Lipinski definition) is 0. The van der Waals surface area contributed by atoms with Crippen LogP contribution in [-0.2, 0) is 0 Å². The van der Waals surface area contributed by atoms with E-state index >= 15 is 0 Å². The van der Waals surface area contributed by atoms with E-state index in [4.69, 9.17) is 0 Å². The number of thioether (sulfide) groups is 1. The van der Waals surface area contributed by atoms with Crippen LogP contribution in [-0.4, -0.2) is 42.4 Å². The highest BCUT2D eigenvalue weighted by Crippen LogP contribution is 2.17. The van der Waals surface area contributed by atoms with Gasteiger partial charge in [-0.1, -0.05) is 0 Å². The molecule has 0 aromatic rings. The molecule has 2 nitrogen and oxygen atoms in total. The second-order valence-corrected chi connectivity index (χ2v) is 4.01. The van der Waals surface area contributed by atoms with Crippen LogP contribution in [0.3, 0.4) is 0 Å². The molecule has 0 radical (unpaired) electrons. The third kappa shape index (κ3) is 2.31. The predicted molar refractivity (Wildman–Crippen MR) is 47.9 cm³/mol. The maximum atomic E-state index is 4.47. The zero-order chi connectivity index (χ0) is 7.56. The zero-order valence-electron chi connectivity index (χ0n) is 6.79. The van der Waals surface area contributed by atoms with Gasteiger partial charge in [0.2, 0.25) is 0 Å². The Balaban J connectivity index is 2.35. The molecule has 0 bridgehead atoms. The Labute approximate surface area is 66.7 Å². The third-order valence-electron chi connectivity index (χ3n) is 1.31. The number of rotatable bonds is 2. The van der Waals surface area contributed by atoms with E-state index < -0.39 is 0 Å². The Morgan fingerprint density at radius 3 is 2.80 bits per heavy atom. The van der Waals surface area contributed by atoms with Crippen LogP contribution in [0.5, 0.6) is 0 Å². The van der Waals surface area contributed by atoms with Crippen molar-refractivity contribution >= 4 is 16.8 Å². The topological polar surface area (TPSA) is 15.6 Å². The van der Waals surface area contributed by atoms with Crippen LogP contribution in [0.2, 0.25) is 0 Å². The fourth-order valence-corrected chi connectivity index (χ4v) is 2.01. The van der Waals surface area contributed by atoms with Crippen LogP contribution < -0.4 is 0 Å². The molecule has 0 aromatic carbocycles. The van der Waals surface area contributed by atoms with Crippen molar-refractivity contribution in [1.82, 2.24) is 4.90 Å². The van der Waals surface area contributed by atoms with Crippen molar-refractivity contribution in [3.05, 3.63) is 0 Å². The molecule has 1 aliphatic heterocycles. The summed E-state index contributed by atoms with van der Waals surface area (Å²) in [4.78, 5) is 6.62. The molecule has 1 unspecified atom stereocenters. The van der Waals surface area contributed by atoms with E-state index in [1.54, 1.807) is 0 Å². The Morgan fingerprint density at radius 1 is 1.70 bits per heavy atom. The Kier molecular flexibility index (Phi) is 2.74. The molecule has 0 saturated heterocycles. The molecule has 1 rings (SSSR count). The summed E-state index contributed by atoms with van der Waals surface area (Å²) in [6.07, 6.45) is 0. The van der Waals surface area contributed by atoms with Crippen LogP contribution in [0.1, 0.15) is 6.92 Å². The summed E-state index contributed by atoms with van der Waals surface area (Å²) in [6, 6.07) is 0.542. The molecule has 1 atom stereocenters. The van der Waals surface area contributed by atoms with Gasteiger partial charge in [0, 0.05) is 12.3 Å². The molecule has 0 saturated carbocycles. The van der Waals surface area contributed by atoms with Gasteiger partial charge in [-0.15, -0.1) is 11.8 Å². The van der Waals surface area contributed by atoms with Crippen LogP contribution in [0.25, 0.3) is 0 Å². The lowest BCUT2D eigenvalue weighted by Crippen LogP contribution is -2.18. The summed E-state index contributed by atoms with van der Waals surface area (Å²) in [7, 11) is 4.15. The first-order valence-corrected chi connectivity index (χ1v) is 4.51. The summed E-state index contributed by atoms with van der Waals surface area (Å²) in [5, 5.41) is 1.29. The smallest absolute Gasteiger partial charge is 0.0820 e. The molecular formula is C7H14N2S. The Bertz CT molecular complexity index is 143. The first-order chi connectivity index (χ1) is 4.68. The fourth-order valence-electron chi connectivity index (χ4n) is 0.894. The van der Waals surface area contributed by atoms with Crippen molar-refractivity contribution in [3.63, 3.8) is 0 Å². The molecule has 0 aromatic heterocycles. The molecule has 0 fully saturated rings. The highest BCUT2D eigenvalue weighted by molar-refractivity contribution is 8.14. The standard InChI is InChI=1S/C7H14N2S/c1-6-5-10-7(8-6)4-9(2)3/h6H,4-5H2,1-3H3. The van der Waals surface area contributed by atoms with E-state index in [0.29, 0.717) is 6.04 Å². The lowest BCUT2D eigenvalue weighted by atomic mass is 10.4. The summed E-state index contributed by atoms with van der Waals surface area (Å²) >= 11 is 1.89. The van der Waals surface area contributed by atoms with Gasteiger partial charge in [0.15, 0.2) is 0 Å². The van der Waals surface area contributed by atoms with Gasteiger partial charge in [-0.25, -0.2) is 0 Å². The maximum Gasteiger partial charge on any atom is 0.0820 e. The van der Waals surface area contributed by atoms with Gasteiger partial charge in [0.25, 0.3) is 0 Å². The van der Waals surface area contributed by atoms with Gasteiger partial charge in [0.05, 0.1) is 11.1 Å². The van der Waals surface area contributed by atoms with Gasteiger partial charge in [-0.05, 0) is 21.0 Å². The van der Waals surface area contributed by atoms with Gasteiger partial charge < -0.3 is 4.90 Å². The van der Waals surface area contributed by atoms with Crippen LogP contribution in [0, 0.1) is 0 Å². The summed E-state index contributed by atoms with van der Waals surface area (Å²) < 4.78 is 0. The predicted octanol–water partition coefficient (Wildman–Crippen LogP) is 1.08. The molecule has 0 spiro atoms. The van der Waals surface area contributed by atoms with Gasteiger partial charge in [-0.3, -0.25) is 4.99 Å². The Hall–Kier alpha value is -0.0200. The van der Waals surface area contributed by atoms with Crippen LogP contribution in [0.15, 0.2) is 4.99 Å². The molecular weight excluding hydrogens is 144 g/mol. The molecule has 10 heavy (non-hydrogen) atoms. The first-order valence-electron chi connectivity index (χ1n) is 3.52. The SMILES string of the molecule is CC1CSC(CN(C)C)=N1. The highest BCUT2D eigenvalue weighted by Gasteiger charge is 2.13. The van der Waals surface area contributed by atoms with E-state index in [9.17, 15) is 0 Å². The van der Waals surface area contributed by atoms with Crippen molar-refractivity contribution in [3.8, 4) is 0 Å². The average Bonchev–Trinajstić information content (AvgIpc) is 2.13. The Morgan fingerprint density at radius 2 is 2.40 bits per heavy atom. The summed E-state index contributed by atoms with van der Waals surface area (Å²) in [5.74, 6) is 1.17.